The molecule has 2 aromatic rings. The van der Waals surface area contributed by atoms with E-state index in [2.05, 4.69) is 40.9 Å². The van der Waals surface area contributed by atoms with Crippen LogP contribution < -0.4 is 16.0 Å². The lowest BCUT2D eigenvalue weighted by Crippen LogP contribution is -2.51. The van der Waals surface area contributed by atoms with Gasteiger partial charge < -0.3 is 16.0 Å². The van der Waals surface area contributed by atoms with Gasteiger partial charge in [-0.2, -0.15) is 0 Å². The van der Waals surface area contributed by atoms with Gasteiger partial charge in [-0.15, -0.1) is 0 Å². The summed E-state index contributed by atoms with van der Waals surface area (Å²) in [5, 5.41) is 3.59. The van der Waals surface area contributed by atoms with E-state index in [0.29, 0.717) is 34.7 Å². The highest BCUT2D eigenvalue weighted by atomic mass is 16.1. The molecule has 4 rings (SSSR count). The number of carbonyl (C=O) groups excluding carboxylic acids is 1. The van der Waals surface area contributed by atoms with Gasteiger partial charge in [0, 0.05) is 37.8 Å². The summed E-state index contributed by atoms with van der Waals surface area (Å²) < 4.78 is 0. The van der Waals surface area contributed by atoms with Crippen molar-refractivity contribution in [3.63, 3.8) is 0 Å². The van der Waals surface area contributed by atoms with Crippen molar-refractivity contribution >= 4 is 17.4 Å². The number of nitrogens with two attached hydrogens (primary N) is 1. The van der Waals surface area contributed by atoms with Crippen LogP contribution in [0.1, 0.15) is 54.7 Å². The summed E-state index contributed by atoms with van der Waals surface area (Å²) in [6.45, 7) is 7.11. The van der Waals surface area contributed by atoms with Crippen LogP contribution >= 0.6 is 0 Å². The van der Waals surface area contributed by atoms with Gasteiger partial charge in [0.15, 0.2) is 0 Å². The third kappa shape index (κ3) is 4.80. The highest BCUT2D eigenvalue weighted by molar-refractivity contribution is 6.11. The first-order valence-electron chi connectivity index (χ1n) is 10.8. The number of nitrogens with zero attached hydrogens (tertiary/aromatic N) is 3. The Kier molecular flexibility index (Phi) is 6.01. The van der Waals surface area contributed by atoms with Gasteiger partial charge in [0.05, 0.1) is 11.1 Å². The maximum Gasteiger partial charge on any atom is 0.216 e. The third-order valence-electron chi connectivity index (χ3n) is 5.50. The second kappa shape index (κ2) is 8.85. The zero-order valence-electron chi connectivity index (χ0n) is 17.7. The highest BCUT2D eigenvalue weighted by Crippen LogP contribution is 2.28. The smallest absolute Gasteiger partial charge is 0.216 e. The molecule has 0 radical (unpaired) electrons. The summed E-state index contributed by atoms with van der Waals surface area (Å²) in [5.74, 6) is 8.31. The van der Waals surface area contributed by atoms with Crippen molar-refractivity contribution < 1.29 is 4.79 Å². The summed E-state index contributed by atoms with van der Waals surface area (Å²) in [6, 6.07) is 7.74. The minimum atomic E-state index is -0.226. The minimum Gasteiger partial charge on any atom is -0.383 e. The molecule has 1 saturated carbocycles. The molecule has 2 aliphatic rings. The van der Waals surface area contributed by atoms with Crippen molar-refractivity contribution in [1.82, 2.24) is 15.3 Å². The number of nitrogens with one attached hydrogen (secondary N) is 1. The molecule has 3 N–H and O–H groups in total. The quantitative estimate of drug-likeness (QED) is 0.590. The number of piperazine rings is 1. The van der Waals surface area contributed by atoms with Crippen molar-refractivity contribution in [2.75, 3.05) is 30.3 Å². The van der Waals surface area contributed by atoms with Crippen LogP contribution in [0.25, 0.3) is 0 Å². The van der Waals surface area contributed by atoms with Crippen molar-refractivity contribution in [3.05, 3.63) is 47.3 Å². The van der Waals surface area contributed by atoms with Crippen molar-refractivity contribution in [3.8, 4) is 11.8 Å². The summed E-state index contributed by atoms with van der Waals surface area (Å²) in [4.78, 5) is 24.4. The number of ketones is 1. The first-order valence-corrected chi connectivity index (χ1v) is 10.8. The van der Waals surface area contributed by atoms with E-state index in [0.717, 1.165) is 44.7 Å². The van der Waals surface area contributed by atoms with Crippen LogP contribution in [0.15, 0.2) is 30.5 Å². The maximum absolute atomic E-state index is 13.3. The predicted molar refractivity (Wildman–Crippen MR) is 119 cm³/mol. The minimum absolute atomic E-state index is 0.218. The van der Waals surface area contributed by atoms with Gasteiger partial charge in [-0.3, -0.25) is 4.79 Å². The standard InChI is InChI=1S/C24H29N5O/c1-16(2)14-19-15-29(13-12-26-19)21-10-9-18(8-7-17-5-6-17)22(28-21)23(30)20-4-3-11-27-24(20)25/h3-4,9-11,16-17,19,26H,5-6,12-15H2,1-2H3,(H2,25,27)/t19-/m0/s1. The van der Waals surface area contributed by atoms with Crippen LogP contribution in [0.3, 0.4) is 0 Å². The normalized spacial score (nSPS) is 18.8. The highest BCUT2D eigenvalue weighted by Gasteiger charge is 2.24. The first-order chi connectivity index (χ1) is 14.5. The summed E-state index contributed by atoms with van der Waals surface area (Å²) in [7, 11) is 0. The van der Waals surface area contributed by atoms with E-state index in [9.17, 15) is 4.79 Å². The predicted octanol–water partition coefficient (Wildman–Crippen LogP) is 2.88. The molecule has 30 heavy (non-hydrogen) atoms. The van der Waals surface area contributed by atoms with Gasteiger partial charge in [-0.05, 0) is 49.4 Å². The van der Waals surface area contributed by atoms with Gasteiger partial charge in [0.1, 0.15) is 17.3 Å². The third-order valence-corrected chi connectivity index (χ3v) is 5.50. The molecule has 1 saturated heterocycles. The molecule has 6 nitrogen and oxygen atoms in total. The number of anilines is 2. The lowest BCUT2D eigenvalue weighted by molar-refractivity contribution is 0.103. The van der Waals surface area contributed by atoms with Crippen LogP contribution in [0.4, 0.5) is 11.6 Å². The molecular formula is C24H29N5O. The number of aromatic nitrogens is 2. The Labute approximate surface area is 178 Å². The fourth-order valence-electron chi connectivity index (χ4n) is 3.80. The van der Waals surface area contributed by atoms with Crippen LogP contribution in [0.2, 0.25) is 0 Å². The Morgan fingerprint density at radius 2 is 2.17 bits per heavy atom. The number of pyridine rings is 2. The van der Waals surface area contributed by atoms with E-state index in [-0.39, 0.29) is 11.6 Å². The van der Waals surface area contributed by atoms with Crippen LogP contribution in [0, 0.1) is 23.7 Å². The second-order valence-corrected chi connectivity index (χ2v) is 8.60. The number of hydrogen-bond donors (Lipinski definition) is 2. The summed E-state index contributed by atoms with van der Waals surface area (Å²) >= 11 is 0. The average molecular weight is 404 g/mol. The molecular weight excluding hydrogens is 374 g/mol. The van der Waals surface area contributed by atoms with Gasteiger partial charge in [-0.1, -0.05) is 25.7 Å². The summed E-state index contributed by atoms with van der Waals surface area (Å²) in [5.41, 5.74) is 7.36. The molecule has 2 fully saturated rings. The molecule has 0 spiro atoms. The fraction of sp³-hybridized carbons (Fsp3) is 0.458. The number of rotatable bonds is 5. The van der Waals surface area contributed by atoms with Crippen LogP contribution in [-0.4, -0.2) is 41.4 Å². The topological polar surface area (TPSA) is 84.1 Å². The van der Waals surface area contributed by atoms with E-state index >= 15 is 0 Å². The zero-order valence-corrected chi connectivity index (χ0v) is 17.7. The SMILES string of the molecule is CC(C)C[C@H]1CN(c2ccc(C#CC3CC3)c(C(=O)c3cccnc3N)n2)CCN1. The molecule has 0 unspecified atom stereocenters. The van der Waals surface area contributed by atoms with E-state index in [4.69, 9.17) is 10.7 Å². The lowest BCUT2D eigenvalue weighted by atomic mass is 10.0. The molecule has 2 aromatic heterocycles. The van der Waals surface area contributed by atoms with Gasteiger partial charge in [0.25, 0.3) is 0 Å². The Morgan fingerprint density at radius 3 is 2.90 bits per heavy atom. The zero-order chi connectivity index (χ0) is 21.1. The average Bonchev–Trinajstić information content (AvgIpc) is 3.56. The Bertz CT molecular complexity index is 987. The second-order valence-electron chi connectivity index (χ2n) is 8.60. The van der Waals surface area contributed by atoms with E-state index < -0.39 is 0 Å². The number of hydrogen-bond acceptors (Lipinski definition) is 6. The molecule has 3 heterocycles. The maximum atomic E-state index is 13.3. The van der Waals surface area contributed by atoms with Gasteiger partial charge in [-0.25, -0.2) is 9.97 Å². The molecule has 1 atom stereocenters. The number of nitrogen functional groups attached to an aromatic ring is 1. The molecule has 1 aliphatic heterocycles. The van der Waals surface area contributed by atoms with Gasteiger partial charge in [0.2, 0.25) is 5.78 Å². The lowest BCUT2D eigenvalue weighted by Gasteiger charge is -2.35. The van der Waals surface area contributed by atoms with E-state index in [1.807, 2.05) is 12.1 Å². The fourth-order valence-corrected chi connectivity index (χ4v) is 3.80. The molecule has 156 valence electrons. The van der Waals surface area contributed by atoms with Crippen molar-refractivity contribution in [1.29, 1.82) is 0 Å². The van der Waals surface area contributed by atoms with E-state index in [1.165, 1.54) is 0 Å². The van der Waals surface area contributed by atoms with Crippen LogP contribution in [0.5, 0.6) is 0 Å². The van der Waals surface area contributed by atoms with Gasteiger partial charge >= 0.3 is 0 Å². The molecule has 0 aromatic carbocycles. The Balaban J connectivity index is 1.67. The molecule has 1 aliphatic carbocycles. The molecule has 6 heteroatoms. The van der Waals surface area contributed by atoms with Crippen molar-refractivity contribution in [2.24, 2.45) is 11.8 Å². The molecule has 0 amide bonds. The van der Waals surface area contributed by atoms with Crippen LogP contribution in [-0.2, 0) is 0 Å². The number of carbonyl (C=O) groups is 1. The largest absolute Gasteiger partial charge is 0.383 e. The van der Waals surface area contributed by atoms with Crippen molar-refractivity contribution in [2.45, 2.75) is 39.2 Å². The monoisotopic (exact) mass is 403 g/mol. The Morgan fingerprint density at radius 1 is 1.33 bits per heavy atom. The summed E-state index contributed by atoms with van der Waals surface area (Å²) in [6.07, 6.45) is 4.96. The first kappa shape index (κ1) is 20.4. The Hall–Kier alpha value is -2.91. The molecule has 0 bridgehead atoms. The van der Waals surface area contributed by atoms with E-state index in [1.54, 1.807) is 18.3 Å².